The van der Waals surface area contributed by atoms with Gasteiger partial charge in [0.15, 0.2) is 0 Å². The van der Waals surface area contributed by atoms with Gasteiger partial charge in [-0.05, 0) is 26.3 Å². The summed E-state index contributed by atoms with van der Waals surface area (Å²) >= 11 is 0. The Kier molecular flexibility index (Phi) is 7.54. The SMILES string of the molecule is COC(=O)CCCNC(=O)CN(C)C1CCCCC1O. The van der Waals surface area contributed by atoms with E-state index in [1.807, 2.05) is 11.9 Å². The number of nitrogens with one attached hydrogen (secondary N) is 1. The number of hydrogen-bond donors (Lipinski definition) is 2. The molecule has 1 aliphatic rings. The van der Waals surface area contributed by atoms with Gasteiger partial charge >= 0.3 is 5.97 Å². The number of likely N-dealkylation sites (N-methyl/N-ethyl adjacent to an activating group) is 1. The highest BCUT2D eigenvalue weighted by Crippen LogP contribution is 2.21. The molecule has 1 fully saturated rings. The topological polar surface area (TPSA) is 78.9 Å². The molecule has 0 bridgehead atoms. The van der Waals surface area contributed by atoms with E-state index in [1.54, 1.807) is 0 Å². The third-order valence-electron chi connectivity index (χ3n) is 3.76. The normalized spacial score (nSPS) is 22.6. The van der Waals surface area contributed by atoms with Crippen LogP contribution in [0.15, 0.2) is 0 Å². The third-order valence-corrected chi connectivity index (χ3v) is 3.76. The summed E-state index contributed by atoms with van der Waals surface area (Å²) in [7, 11) is 3.22. The second kappa shape index (κ2) is 8.92. The van der Waals surface area contributed by atoms with Gasteiger partial charge < -0.3 is 15.2 Å². The fraction of sp³-hybridized carbons (Fsp3) is 0.857. The number of hydrogen-bond acceptors (Lipinski definition) is 5. The molecule has 0 aromatic rings. The molecule has 0 radical (unpaired) electrons. The second-order valence-electron chi connectivity index (χ2n) is 5.36. The molecule has 6 nitrogen and oxygen atoms in total. The van der Waals surface area contributed by atoms with Crippen LogP contribution in [0.2, 0.25) is 0 Å². The minimum absolute atomic E-state index is 0.0737. The van der Waals surface area contributed by atoms with Crippen LogP contribution >= 0.6 is 0 Å². The van der Waals surface area contributed by atoms with Crippen LogP contribution in [0.3, 0.4) is 0 Å². The number of nitrogens with zero attached hydrogens (tertiary/aromatic N) is 1. The average Bonchev–Trinajstić information content (AvgIpc) is 2.43. The lowest BCUT2D eigenvalue weighted by atomic mass is 9.91. The molecule has 1 amide bonds. The Hall–Kier alpha value is -1.14. The van der Waals surface area contributed by atoms with Crippen molar-refractivity contribution in [1.82, 2.24) is 10.2 Å². The quantitative estimate of drug-likeness (QED) is 0.519. The first-order valence-corrected chi connectivity index (χ1v) is 7.26. The van der Waals surface area contributed by atoms with E-state index in [0.29, 0.717) is 19.4 Å². The van der Waals surface area contributed by atoms with Crippen molar-refractivity contribution in [3.05, 3.63) is 0 Å². The molecule has 1 saturated carbocycles. The van der Waals surface area contributed by atoms with E-state index >= 15 is 0 Å². The van der Waals surface area contributed by atoms with Gasteiger partial charge in [0.2, 0.25) is 5.91 Å². The maximum atomic E-state index is 11.8. The van der Waals surface area contributed by atoms with E-state index < -0.39 is 0 Å². The summed E-state index contributed by atoms with van der Waals surface area (Å²) < 4.78 is 4.53. The van der Waals surface area contributed by atoms with Crippen LogP contribution in [0, 0.1) is 0 Å². The Morgan fingerprint density at radius 3 is 2.70 bits per heavy atom. The van der Waals surface area contributed by atoms with Gasteiger partial charge in [-0.15, -0.1) is 0 Å². The van der Waals surface area contributed by atoms with Crippen molar-refractivity contribution in [1.29, 1.82) is 0 Å². The van der Waals surface area contributed by atoms with Gasteiger partial charge in [-0.2, -0.15) is 0 Å². The molecule has 6 heteroatoms. The van der Waals surface area contributed by atoms with Gasteiger partial charge in [-0.25, -0.2) is 0 Å². The molecular formula is C14H26N2O4. The van der Waals surface area contributed by atoms with Crippen LogP contribution in [-0.2, 0) is 14.3 Å². The van der Waals surface area contributed by atoms with Crippen molar-refractivity contribution < 1.29 is 19.4 Å². The lowest BCUT2D eigenvalue weighted by molar-refractivity contribution is -0.140. The van der Waals surface area contributed by atoms with E-state index in [4.69, 9.17) is 0 Å². The monoisotopic (exact) mass is 286 g/mol. The minimum Gasteiger partial charge on any atom is -0.469 e. The molecule has 116 valence electrons. The molecule has 0 spiro atoms. The number of ether oxygens (including phenoxy) is 1. The van der Waals surface area contributed by atoms with Crippen LogP contribution in [0.4, 0.5) is 0 Å². The predicted octanol–water partition coefficient (Wildman–Crippen LogP) is 0.291. The maximum Gasteiger partial charge on any atom is 0.305 e. The zero-order valence-corrected chi connectivity index (χ0v) is 12.4. The van der Waals surface area contributed by atoms with E-state index in [-0.39, 0.29) is 30.6 Å². The predicted molar refractivity (Wildman–Crippen MR) is 75.2 cm³/mol. The molecule has 20 heavy (non-hydrogen) atoms. The van der Waals surface area contributed by atoms with E-state index in [1.165, 1.54) is 7.11 Å². The molecule has 0 aromatic heterocycles. The summed E-state index contributed by atoms with van der Waals surface area (Å²) in [5.74, 6) is -0.336. The molecule has 2 N–H and O–H groups in total. The van der Waals surface area contributed by atoms with Crippen LogP contribution < -0.4 is 5.32 Å². The van der Waals surface area contributed by atoms with E-state index in [9.17, 15) is 14.7 Å². The molecule has 2 atom stereocenters. The number of amides is 1. The third kappa shape index (κ3) is 5.88. The second-order valence-corrected chi connectivity index (χ2v) is 5.36. The van der Waals surface area contributed by atoms with Crippen molar-refractivity contribution in [2.45, 2.75) is 50.7 Å². The Morgan fingerprint density at radius 2 is 2.05 bits per heavy atom. The number of aliphatic hydroxyl groups excluding tert-OH is 1. The van der Waals surface area contributed by atoms with Crippen LogP contribution in [0.25, 0.3) is 0 Å². The van der Waals surface area contributed by atoms with Crippen molar-refractivity contribution in [2.75, 3.05) is 27.2 Å². The lowest BCUT2D eigenvalue weighted by Gasteiger charge is -2.34. The Bertz CT molecular complexity index is 322. The van der Waals surface area contributed by atoms with Crippen molar-refractivity contribution >= 4 is 11.9 Å². The first-order valence-electron chi connectivity index (χ1n) is 7.26. The highest BCUT2D eigenvalue weighted by Gasteiger charge is 2.27. The minimum atomic E-state index is -0.333. The van der Waals surface area contributed by atoms with Crippen molar-refractivity contribution in [2.24, 2.45) is 0 Å². The molecule has 1 aliphatic carbocycles. The summed E-state index contributed by atoms with van der Waals surface area (Å²) in [5, 5.41) is 12.7. The highest BCUT2D eigenvalue weighted by molar-refractivity contribution is 5.78. The number of methoxy groups -OCH3 is 1. The Balaban J connectivity index is 2.19. The first kappa shape index (κ1) is 16.9. The number of carbonyl (C=O) groups is 2. The lowest BCUT2D eigenvalue weighted by Crippen LogP contribution is -2.47. The maximum absolute atomic E-state index is 11.8. The molecule has 0 saturated heterocycles. The Morgan fingerprint density at radius 1 is 1.35 bits per heavy atom. The molecule has 1 rings (SSSR count). The summed E-state index contributed by atoms with van der Waals surface area (Å²) in [6.45, 7) is 0.745. The standard InChI is InChI=1S/C14H26N2O4/c1-16(11-6-3-4-7-12(11)17)10-13(18)15-9-5-8-14(19)20-2/h11-12,17H,3-10H2,1-2H3,(H,15,18). The number of aliphatic hydroxyl groups is 1. The smallest absolute Gasteiger partial charge is 0.305 e. The van der Waals surface area contributed by atoms with Crippen LogP contribution in [-0.4, -0.2) is 61.3 Å². The average molecular weight is 286 g/mol. The van der Waals surface area contributed by atoms with Gasteiger partial charge in [0.1, 0.15) is 0 Å². The molecule has 0 aliphatic heterocycles. The van der Waals surface area contributed by atoms with Gasteiger partial charge in [0, 0.05) is 19.0 Å². The van der Waals surface area contributed by atoms with E-state index in [0.717, 1.165) is 25.7 Å². The molecule has 0 aromatic carbocycles. The fourth-order valence-electron chi connectivity index (χ4n) is 2.57. The molecule has 0 heterocycles. The first-order chi connectivity index (χ1) is 9.54. The zero-order chi connectivity index (χ0) is 15.0. The van der Waals surface area contributed by atoms with Crippen molar-refractivity contribution in [3.8, 4) is 0 Å². The summed E-state index contributed by atoms with van der Waals surface area (Å²) in [4.78, 5) is 24.6. The number of carbonyl (C=O) groups excluding carboxylic acids is 2. The molecule has 2 unspecified atom stereocenters. The highest BCUT2D eigenvalue weighted by atomic mass is 16.5. The summed E-state index contributed by atoms with van der Waals surface area (Å²) in [5.41, 5.74) is 0. The fourth-order valence-corrected chi connectivity index (χ4v) is 2.57. The zero-order valence-electron chi connectivity index (χ0n) is 12.4. The van der Waals surface area contributed by atoms with Gasteiger partial charge in [0.05, 0.1) is 19.8 Å². The van der Waals surface area contributed by atoms with E-state index in [2.05, 4.69) is 10.1 Å². The van der Waals surface area contributed by atoms with Crippen LogP contribution in [0.5, 0.6) is 0 Å². The van der Waals surface area contributed by atoms with Gasteiger partial charge in [-0.3, -0.25) is 14.5 Å². The van der Waals surface area contributed by atoms with Gasteiger partial charge in [-0.1, -0.05) is 12.8 Å². The van der Waals surface area contributed by atoms with Gasteiger partial charge in [0.25, 0.3) is 0 Å². The number of rotatable bonds is 7. The van der Waals surface area contributed by atoms with Crippen molar-refractivity contribution in [3.63, 3.8) is 0 Å². The summed E-state index contributed by atoms with van der Waals surface area (Å²) in [6.07, 6.45) is 4.48. The largest absolute Gasteiger partial charge is 0.469 e. The summed E-state index contributed by atoms with van der Waals surface area (Å²) in [6, 6.07) is 0.0737. The number of esters is 1. The molecular weight excluding hydrogens is 260 g/mol. The van der Waals surface area contributed by atoms with Crippen LogP contribution in [0.1, 0.15) is 38.5 Å². The Labute approximate surface area is 120 Å².